The molecular weight excluding hydrogens is 534 g/mol. The van der Waals surface area contributed by atoms with Crippen molar-refractivity contribution in [3.8, 4) is 0 Å². The molecule has 1 saturated heterocycles. The van der Waals surface area contributed by atoms with E-state index in [1.807, 2.05) is 48.5 Å². The highest BCUT2D eigenvalue weighted by molar-refractivity contribution is 7.89. The predicted molar refractivity (Wildman–Crippen MR) is 153 cm³/mol. The van der Waals surface area contributed by atoms with Crippen molar-refractivity contribution in [1.82, 2.24) is 14.5 Å². The van der Waals surface area contributed by atoms with Crippen LogP contribution in [0.25, 0.3) is 0 Å². The minimum Gasteiger partial charge on any atom is -0.350 e. The maximum absolute atomic E-state index is 13.4. The van der Waals surface area contributed by atoms with Gasteiger partial charge in [-0.25, -0.2) is 8.42 Å². The van der Waals surface area contributed by atoms with Crippen LogP contribution in [0.2, 0.25) is 5.02 Å². The lowest BCUT2D eigenvalue weighted by Gasteiger charge is -2.29. The van der Waals surface area contributed by atoms with E-state index in [1.165, 1.54) is 4.31 Å². The van der Waals surface area contributed by atoms with Gasteiger partial charge in [-0.05, 0) is 61.1 Å². The summed E-state index contributed by atoms with van der Waals surface area (Å²) in [6.07, 6.45) is 2.39. The number of hydrogen-bond acceptors (Lipinski definition) is 4. The van der Waals surface area contributed by atoms with Crippen molar-refractivity contribution in [3.05, 3.63) is 101 Å². The molecule has 9 heteroatoms. The van der Waals surface area contributed by atoms with Gasteiger partial charge in [0.05, 0.1) is 4.90 Å². The first-order valence-electron chi connectivity index (χ1n) is 13.2. The lowest BCUT2D eigenvalue weighted by atomic mass is 10.1. The molecule has 0 aromatic heterocycles. The number of rotatable bonds is 11. The van der Waals surface area contributed by atoms with Gasteiger partial charge in [-0.1, -0.05) is 72.3 Å². The van der Waals surface area contributed by atoms with Gasteiger partial charge in [0.15, 0.2) is 0 Å². The van der Waals surface area contributed by atoms with Crippen LogP contribution in [0.1, 0.15) is 42.9 Å². The Morgan fingerprint density at radius 2 is 1.56 bits per heavy atom. The van der Waals surface area contributed by atoms with Gasteiger partial charge in [-0.15, -0.1) is 0 Å². The summed E-state index contributed by atoms with van der Waals surface area (Å²) in [5.74, 6) is -0.427. The van der Waals surface area contributed by atoms with Crippen LogP contribution in [0, 0.1) is 0 Å². The Labute approximate surface area is 235 Å². The molecule has 0 unspecified atom stereocenters. The van der Waals surface area contributed by atoms with Gasteiger partial charge < -0.3 is 10.2 Å². The maximum atomic E-state index is 13.4. The molecule has 0 saturated carbocycles. The molecule has 1 N–H and O–H groups in total. The minimum atomic E-state index is -3.48. The normalized spacial score (nSPS) is 14.6. The summed E-state index contributed by atoms with van der Waals surface area (Å²) in [6, 6.07) is 22.9. The Balaban J connectivity index is 1.41. The highest BCUT2D eigenvalue weighted by Crippen LogP contribution is 2.22. The van der Waals surface area contributed by atoms with Crippen molar-refractivity contribution in [1.29, 1.82) is 0 Å². The van der Waals surface area contributed by atoms with Crippen molar-refractivity contribution in [3.63, 3.8) is 0 Å². The monoisotopic (exact) mass is 567 g/mol. The van der Waals surface area contributed by atoms with Gasteiger partial charge in [0, 0.05) is 37.6 Å². The molecule has 206 valence electrons. The zero-order chi connectivity index (χ0) is 27.8. The first-order chi connectivity index (χ1) is 18.8. The quantitative estimate of drug-likeness (QED) is 0.361. The number of nitrogens with one attached hydrogen (secondary N) is 1. The van der Waals surface area contributed by atoms with E-state index in [9.17, 15) is 18.0 Å². The second-order valence-electron chi connectivity index (χ2n) is 9.75. The van der Waals surface area contributed by atoms with E-state index in [0.717, 1.165) is 29.5 Å². The lowest BCUT2D eigenvalue weighted by Crippen LogP contribution is -2.47. The summed E-state index contributed by atoms with van der Waals surface area (Å²) in [5.41, 5.74) is 2.59. The molecule has 7 nitrogen and oxygen atoms in total. The molecule has 2 amide bonds. The van der Waals surface area contributed by atoms with Crippen molar-refractivity contribution in [2.75, 3.05) is 13.1 Å². The van der Waals surface area contributed by atoms with Gasteiger partial charge in [0.1, 0.15) is 6.04 Å². The fraction of sp³-hybridized carbons (Fsp3) is 0.333. The Morgan fingerprint density at radius 3 is 2.23 bits per heavy atom. The molecule has 3 aromatic carbocycles. The largest absolute Gasteiger partial charge is 0.350 e. The van der Waals surface area contributed by atoms with Crippen LogP contribution in [0.3, 0.4) is 0 Å². The van der Waals surface area contributed by atoms with Crippen molar-refractivity contribution in [2.45, 2.75) is 56.6 Å². The molecule has 1 fully saturated rings. The Bertz CT molecular complexity index is 1370. The highest BCUT2D eigenvalue weighted by Gasteiger charge is 2.28. The number of sulfonamides is 1. The number of aryl methyl sites for hydroxylation is 1. The van der Waals surface area contributed by atoms with Crippen LogP contribution in [0.15, 0.2) is 83.8 Å². The second kappa shape index (κ2) is 13.2. The molecule has 1 atom stereocenters. The molecule has 0 spiro atoms. The van der Waals surface area contributed by atoms with Crippen molar-refractivity contribution >= 4 is 33.4 Å². The average molecular weight is 568 g/mol. The molecule has 1 heterocycles. The van der Waals surface area contributed by atoms with Gasteiger partial charge in [0.25, 0.3) is 0 Å². The molecule has 0 radical (unpaired) electrons. The molecule has 1 aliphatic rings. The van der Waals surface area contributed by atoms with E-state index in [4.69, 9.17) is 11.6 Å². The minimum absolute atomic E-state index is 0.159. The first-order valence-corrected chi connectivity index (χ1v) is 15.0. The summed E-state index contributed by atoms with van der Waals surface area (Å²) in [7, 11) is -3.48. The van der Waals surface area contributed by atoms with E-state index in [1.54, 1.807) is 42.2 Å². The van der Waals surface area contributed by atoms with Gasteiger partial charge in [-0.2, -0.15) is 4.31 Å². The van der Waals surface area contributed by atoms with Gasteiger partial charge >= 0.3 is 0 Å². The van der Waals surface area contributed by atoms with Gasteiger partial charge in [0.2, 0.25) is 21.8 Å². The predicted octanol–water partition coefficient (Wildman–Crippen LogP) is 4.79. The molecular formula is C30H34ClN3O4S. The molecule has 4 rings (SSSR count). The fourth-order valence-electron chi connectivity index (χ4n) is 4.64. The van der Waals surface area contributed by atoms with Crippen LogP contribution in [-0.4, -0.2) is 48.6 Å². The summed E-state index contributed by atoms with van der Waals surface area (Å²) >= 11 is 6.22. The van der Waals surface area contributed by atoms with Crippen LogP contribution in [0.5, 0.6) is 0 Å². The van der Waals surface area contributed by atoms with E-state index >= 15 is 0 Å². The standard InChI is InChI=1S/C30H34ClN3O4S/c1-23(30(36)32-21-26-11-5-6-12-28(26)31)34(22-25-9-3-2-4-10-25)29(35)18-15-24-13-16-27(17-14-24)39(37,38)33-19-7-8-20-33/h2-6,9-14,16-17,23H,7-8,15,18-22H2,1H3,(H,32,36)/t23-/m1/s1. The van der Waals surface area contributed by atoms with Crippen molar-refractivity contribution < 1.29 is 18.0 Å². The summed E-state index contributed by atoms with van der Waals surface area (Å²) in [4.78, 5) is 28.3. The zero-order valence-electron chi connectivity index (χ0n) is 22.1. The fourth-order valence-corrected chi connectivity index (χ4v) is 6.35. The number of hydrogen-bond donors (Lipinski definition) is 1. The number of benzene rings is 3. The molecule has 3 aromatic rings. The number of halogens is 1. The van der Waals surface area contributed by atoms with E-state index in [2.05, 4.69) is 5.32 Å². The first kappa shape index (κ1) is 28.8. The third-order valence-corrected chi connectivity index (χ3v) is 9.31. The zero-order valence-corrected chi connectivity index (χ0v) is 23.6. The highest BCUT2D eigenvalue weighted by atomic mass is 35.5. The van der Waals surface area contributed by atoms with E-state index < -0.39 is 16.1 Å². The second-order valence-corrected chi connectivity index (χ2v) is 12.1. The maximum Gasteiger partial charge on any atom is 0.243 e. The smallest absolute Gasteiger partial charge is 0.243 e. The lowest BCUT2D eigenvalue weighted by molar-refractivity contribution is -0.140. The number of amides is 2. The van der Waals surface area contributed by atoms with Crippen LogP contribution in [-0.2, 0) is 39.1 Å². The molecule has 0 bridgehead atoms. The summed E-state index contributed by atoms with van der Waals surface area (Å²) in [5, 5.41) is 3.47. The number of nitrogens with zero attached hydrogens (tertiary/aromatic N) is 2. The summed E-state index contributed by atoms with van der Waals surface area (Å²) in [6.45, 7) is 3.40. The van der Waals surface area contributed by atoms with E-state index in [0.29, 0.717) is 31.1 Å². The molecule has 39 heavy (non-hydrogen) atoms. The summed E-state index contributed by atoms with van der Waals surface area (Å²) < 4.78 is 27.1. The topological polar surface area (TPSA) is 86.8 Å². The number of carbonyl (C=O) groups is 2. The number of carbonyl (C=O) groups excluding carboxylic acids is 2. The molecule has 1 aliphatic heterocycles. The average Bonchev–Trinajstić information content (AvgIpc) is 3.51. The van der Waals surface area contributed by atoms with Gasteiger partial charge in [-0.3, -0.25) is 9.59 Å². The van der Waals surface area contributed by atoms with Crippen molar-refractivity contribution in [2.24, 2.45) is 0 Å². The van der Waals surface area contributed by atoms with Crippen LogP contribution >= 0.6 is 11.6 Å². The Hall–Kier alpha value is -3.20. The van der Waals surface area contributed by atoms with E-state index in [-0.39, 0.29) is 29.7 Å². The Morgan fingerprint density at radius 1 is 0.923 bits per heavy atom. The SMILES string of the molecule is C[C@H](C(=O)NCc1ccccc1Cl)N(Cc1ccccc1)C(=O)CCc1ccc(S(=O)(=O)N2CCCC2)cc1. The van der Waals surface area contributed by atoms with Crippen LogP contribution < -0.4 is 5.32 Å². The third-order valence-electron chi connectivity index (χ3n) is 7.03. The third kappa shape index (κ3) is 7.47. The van der Waals surface area contributed by atoms with Crippen LogP contribution in [0.4, 0.5) is 0 Å². The molecule has 0 aliphatic carbocycles. The Kier molecular flexibility index (Phi) is 9.78.